The monoisotopic (exact) mass is 413 g/mol. The number of nitrogens with zero attached hydrogens (tertiary/aromatic N) is 2. The van der Waals surface area contributed by atoms with E-state index in [2.05, 4.69) is 5.32 Å². The largest absolute Gasteiger partial charge is 0.391 e. The van der Waals surface area contributed by atoms with E-state index in [1.165, 1.54) is 23.6 Å². The van der Waals surface area contributed by atoms with Crippen LogP contribution in [0.15, 0.2) is 0 Å². The lowest BCUT2D eigenvalue weighted by Gasteiger charge is -2.33. The highest BCUT2D eigenvalue weighted by molar-refractivity contribution is 5.95. The minimum Gasteiger partial charge on any atom is -0.391 e. The molecule has 2 aliphatic rings. The van der Waals surface area contributed by atoms with Crippen molar-refractivity contribution in [3.05, 3.63) is 0 Å². The van der Waals surface area contributed by atoms with Crippen LogP contribution < -0.4 is 16.8 Å². The summed E-state index contributed by atoms with van der Waals surface area (Å²) in [6.07, 6.45) is -0.170. The Bertz CT molecular complexity index is 655. The topological polar surface area (TPSA) is 179 Å². The molecule has 2 rings (SSSR count). The predicted octanol–water partition coefficient (Wildman–Crippen LogP) is -2.97. The fraction of sp³-hybridized carbons (Fsp3) is 0.778. The third kappa shape index (κ3) is 5.03. The van der Waals surface area contributed by atoms with Crippen molar-refractivity contribution in [1.29, 1.82) is 0 Å². The van der Waals surface area contributed by atoms with Gasteiger partial charge in [0.2, 0.25) is 23.6 Å². The number of carbonyl (C=O) groups is 4. The molecule has 4 amide bonds. The van der Waals surface area contributed by atoms with Crippen LogP contribution in [0.3, 0.4) is 0 Å². The highest BCUT2D eigenvalue weighted by atomic mass is 16.3. The van der Waals surface area contributed by atoms with Crippen molar-refractivity contribution in [1.82, 2.24) is 15.1 Å². The quantitative estimate of drug-likeness (QED) is 0.295. The molecule has 4 unspecified atom stereocenters. The van der Waals surface area contributed by atoms with Crippen LogP contribution in [0.5, 0.6) is 0 Å². The van der Waals surface area contributed by atoms with E-state index >= 15 is 0 Å². The second kappa shape index (κ2) is 9.51. The van der Waals surface area contributed by atoms with Crippen LogP contribution in [-0.2, 0) is 19.2 Å². The summed E-state index contributed by atoms with van der Waals surface area (Å²) in [5.41, 5.74) is 11.0. The summed E-state index contributed by atoms with van der Waals surface area (Å²) < 4.78 is 0. The average molecular weight is 413 g/mol. The summed E-state index contributed by atoms with van der Waals surface area (Å²) in [6, 6.07) is -3.94. The Labute approximate surface area is 169 Å². The predicted molar refractivity (Wildman–Crippen MR) is 102 cm³/mol. The van der Waals surface area contributed by atoms with Crippen molar-refractivity contribution in [2.24, 2.45) is 11.5 Å². The highest BCUT2D eigenvalue weighted by Crippen LogP contribution is 2.25. The maximum atomic E-state index is 13.1. The van der Waals surface area contributed by atoms with Gasteiger partial charge in [0, 0.05) is 13.1 Å². The van der Waals surface area contributed by atoms with E-state index in [4.69, 9.17) is 11.5 Å². The van der Waals surface area contributed by atoms with Gasteiger partial charge in [-0.25, -0.2) is 0 Å². The number of hydrogen-bond acceptors (Lipinski definition) is 7. The molecule has 0 aliphatic carbocycles. The first-order valence-corrected chi connectivity index (χ1v) is 9.88. The number of rotatable bonds is 7. The minimum absolute atomic E-state index is 0.341. The van der Waals surface area contributed by atoms with E-state index in [-0.39, 0.29) is 5.91 Å². The molecule has 0 bridgehead atoms. The van der Waals surface area contributed by atoms with E-state index in [1.807, 2.05) is 0 Å². The molecule has 0 saturated carbocycles. The Hall–Kier alpha value is -2.24. The van der Waals surface area contributed by atoms with E-state index in [9.17, 15) is 29.4 Å². The first kappa shape index (κ1) is 23.0. The highest BCUT2D eigenvalue weighted by Gasteiger charge is 2.43. The number of primary amides is 1. The number of aliphatic hydroxyl groups excluding tert-OH is 2. The Kier molecular flexibility index (Phi) is 7.55. The summed E-state index contributed by atoms with van der Waals surface area (Å²) in [5.74, 6) is -2.31. The first-order chi connectivity index (χ1) is 13.6. The van der Waals surface area contributed by atoms with Gasteiger partial charge in [0.15, 0.2) is 0 Å². The number of nitrogens with one attached hydrogen (secondary N) is 1. The molecule has 0 aromatic heterocycles. The van der Waals surface area contributed by atoms with Crippen molar-refractivity contribution < 1.29 is 29.4 Å². The SMILES string of the molecule is CC(O)C(NC(=O)[C@@H]1CCCN1C(=O)C1CCCN1C(=O)[C@@H](N)C(C)O)C(N)=O. The molecule has 164 valence electrons. The summed E-state index contributed by atoms with van der Waals surface area (Å²) in [7, 11) is 0. The van der Waals surface area contributed by atoms with Crippen molar-refractivity contribution in [2.75, 3.05) is 13.1 Å². The number of hydrogen-bond donors (Lipinski definition) is 5. The summed E-state index contributed by atoms with van der Waals surface area (Å²) in [5, 5.41) is 21.6. The molecule has 0 spiro atoms. The fourth-order valence-corrected chi connectivity index (χ4v) is 3.86. The van der Waals surface area contributed by atoms with Crippen LogP contribution in [0.2, 0.25) is 0 Å². The summed E-state index contributed by atoms with van der Waals surface area (Å²) in [4.78, 5) is 52.5. The second-order valence-corrected chi connectivity index (χ2v) is 7.77. The third-order valence-corrected chi connectivity index (χ3v) is 5.55. The van der Waals surface area contributed by atoms with Crippen molar-refractivity contribution >= 4 is 23.6 Å². The Morgan fingerprint density at radius 2 is 1.52 bits per heavy atom. The Morgan fingerprint density at radius 3 is 2.03 bits per heavy atom. The zero-order valence-electron chi connectivity index (χ0n) is 16.8. The zero-order chi connectivity index (χ0) is 21.9. The van der Waals surface area contributed by atoms with Gasteiger partial charge >= 0.3 is 0 Å². The first-order valence-electron chi connectivity index (χ1n) is 9.88. The van der Waals surface area contributed by atoms with Gasteiger partial charge in [-0.1, -0.05) is 0 Å². The standard InChI is InChI=1S/C18H31N5O6/c1-9(24)13(19)18(29)23-8-4-6-12(23)17(28)22-7-3-5-11(22)16(27)21-14(10(2)25)15(20)26/h9-14,24-25H,3-8,19H2,1-2H3,(H2,20,26)(H,21,27)/t9?,10?,11-,12?,13-,14?/m0/s1. The summed E-state index contributed by atoms with van der Waals surface area (Å²) in [6.45, 7) is 3.44. The normalized spacial score (nSPS) is 26.0. The van der Waals surface area contributed by atoms with Gasteiger partial charge in [-0.15, -0.1) is 0 Å². The molecule has 2 fully saturated rings. The van der Waals surface area contributed by atoms with E-state index in [0.717, 1.165) is 0 Å². The van der Waals surface area contributed by atoms with Gasteiger partial charge in [-0.05, 0) is 39.5 Å². The van der Waals surface area contributed by atoms with Crippen LogP contribution in [0.4, 0.5) is 0 Å². The van der Waals surface area contributed by atoms with Gasteiger partial charge in [0.1, 0.15) is 24.2 Å². The molecule has 2 saturated heterocycles. The number of aliphatic hydroxyl groups is 2. The molecule has 7 N–H and O–H groups in total. The fourth-order valence-electron chi connectivity index (χ4n) is 3.86. The number of nitrogens with two attached hydrogens (primary N) is 2. The zero-order valence-corrected chi connectivity index (χ0v) is 16.8. The maximum Gasteiger partial charge on any atom is 0.246 e. The van der Waals surface area contributed by atoms with E-state index in [0.29, 0.717) is 38.8 Å². The molecule has 2 heterocycles. The lowest BCUT2D eigenvalue weighted by Crippen LogP contribution is -2.58. The molecule has 0 radical (unpaired) electrons. The number of amides is 4. The lowest BCUT2D eigenvalue weighted by molar-refractivity contribution is -0.148. The van der Waals surface area contributed by atoms with Gasteiger partial charge < -0.3 is 36.8 Å². The summed E-state index contributed by atoms with van der Waals surface area (Å²) >= 11 is 0. The van der Waals surface area contributed by atoms with Crippen LogP contribution in [0.1, 0.15) is 39.5 Å². The Morgan fingerprint density at radius 1 is 0.966 bits per heavy atom. The molecular formula is C18H31N5O6. The minimum atomic E-state index is -1.26. The molecule has 0 aromatic carbocycles. The van der Waals surface area contributed by atoms with Gasteiger partial charge in [0.05, 0.1) is 12.2 Å². The third-order valence-electron chi connectivity index (χ3n) is 5.55. The molecule has 11 heteroatoms. The van der Waals surface area contributed by atoms with Gasteiger partial charge in [-0.2, -0.15) is 0 Å². The second-order valence-electron chi connectivity index (χ2n) is 7.77. The van der Waals surface area contributed by atoms with Crippen LogP contribution in [0, 0.1) is 0 Å². The smallest absolute Gasteiger partial charge is 0.246 e. The van der Waals surface area contributed by atoms with Crippen molar-refractivity contribution in [3.8, 4) is 0 Å². The molecule has 0 aromatic rings. The molecule has 11 nitrogen and oxygen atoms in total. The molecule has 2 aliphatic heterocycles. The van der Waals surface area contributed by atoms with E-state index in [1.54, 1.807) is 0 Å². The molecule has 6 atom stereocenters. The van der Waals surface area contributed by atoms with Gasteiger partial charge in [0.25, 0.3) is 0 Å². The van der Waals surface area contributed by atoms with Crippen molar-refractivity contribution in [3.63, 3.8) is 0 Å². The van der Waals surface area contributed by atoms with Gasteiger partial charge in [-0.3, -0.25) is 19.2 Å². The maximum absolute atomic E-state index is 13.1. The van der Waals surface area contributed by atoms with Crippen LogP contribution >= 0.6 is 0 Å². The Balaban J connectivity index is 2.11. The van der Waals surface area contributed by atoms with Crippen LogP contribution in [0.25, 0.3) is 0 Å². The number of likely N-dealkylation sites (tertiary alicyclic amines) is 2. The number of carbonyl (C=O) groups excluding carboxylic acids is 4. The molecule has 29 heavy (non-hydrogen) atoms. The van der Waals surface area contributed by atoms with Crippen LogP contribution in [-0.4, -0.2) is 93.1 Å². The van der Waals surface area contributed by atoms with Crippen molar-refractivity contribution in [2.45, 2.75) is 75.9 Å². The lowest BCUT2D eigenvalue weighted by atomic mass is 10.1. The molecular weight excluding hydrogens is 382 g/mol. The average Bonchev–Trinajstić information content (AvgIpc) is 3.32. The van der Waals surface area contributed by atoms with E-state index < -0.39 is 54.1 Å².